The molecule has 5 heteroatoms. The molecule has 0 radical (unpaired) electrons. The minimum atomic E-state index is -0.361. The fraction of sp³-hybridized carbons (Fsp3) is 0.417. The van der Waals surface area contributed by atoms with Crippen LogP contribution >= 0.6 is 15.9 Å². The van der Waals surface area contributed by atoms with Gasteiger partial charge in [-0.15, -0.1) is 0 Å². The molecule has 1 aliphatic heterocycles. The third-order valence-corrected chi connectivity index (χ3v) is 3.54. The van der Waals surface area contributed by atoms with E-state index in [1.54, 1.807) is 12.1 Å². The van der Waals surface area contributed by atoms with Gasteiger partial charge in [0.2, 0.25) is 0 Å². The van der Waals surface area contributed by atoms with Gasteiger partial charge in [0, 0.05) is 26.2 Å². The van der Waals surface area contributed by atoms with Crippen molar-refractivity contribution in [2.75, 3.05) is 26.2 Å². The third-order valence-electron chi connectivity index (χ3n) is 2.90. The Labute approximate surface area is 108 Å². The number of benzene rings is 1. The van der Waals surface area contributed by atoms with Crippen LogP contribution in [0.4, 0.5) is 4.39 Å². The van der Waals surface area contributed by atoms with Gasteiger partial charge in [-0.05, 0) is 33.6 Å². The summed E-state index contributed by atoms with van der Waals surface area (Å²) >= 11 is 3.11. The highest BCUT2D eigenvalue weighted by atomic mass is 79.9. The maximum absolute atomic E-state index is 13.5. The molecule has 2 rings (SSSR count). The first-order valence-corrected chi connectivity index (χ1v) is 6.31. The molecule has 0 bridgehead atoms. The number of hydrogen-bond donors (Lipinski definition) is 1. The molecule has 90 valence electrons. The second kappa shape index (κ2) is 5.58. The first kappa shape index (κ1) is 12.5. The molecule has 1 atom stereocenters. The molecule has 1 saturated heterocycles. The van der Waals surface area contributed by atoms with Gasteiger partial charge in [0.25, 0.3) is 0 Å². The molecule has 1 unspecified atom stereocenters. The quantitative estimate of drug-likeness (QED) is 0.908. The van der Waals surface area contributed by atoms with Gasteiger partial charge in [0.15, 0.2) is 0 Å². The van der Waals surface area contributed by atoms with Crippen LogP contribution in [0, 0.1) is 17.1 Å². The van der Waals surface area contributed by atoms with Crippen LogP contribution in [0.3, 0.4) is 0 Å². The van der Waals surface area contributed by atoms with Crippen molar-refractivity contribution in [3.05, 3.63) is 34.1 Å². The minimum Gasteiger partial charge on any atom is -0.314 e. The number of halogens is 2. The smallest absolute Gasteiger partial charge is 0.137 e. The van der Waals surface area contributed by atoms with Crippen LogP contribution in [0.25, 0.3) is 0 Å². The van der Waals surface area contributed by atoms with Gasteiger partial charge in [0.05, 0.1) is 10.5 Å². The standard InChI is InChI=1S/C12H13BrFN3/c13-10-2-1-9(7-11(10)14)12(8-15)17-5-3-16-4-6-17/h1-2,7,12,16H,3-6H2. The van der Waals surface area contributed by atoms with Gasteiger partial charge in [-0.25, -0.2) is 4.39 Å². The van der Waals surface area contributed by atoms with E-state index in [4.69, 9.17) is 0 Å². The Morgan fingerprint density at radius 1 is 1.41 bits per heavy atom. The van der Waals surface area contributed by atoms with E-state index in [-0.39, 0.29) is 11.9 Å². The Hall–Kier alpha value is -0.960. The summed E-state index contributed by atoms with van der Waals surface area (Å²) in [5, 5.41) is 12.5. The van der Waals surface area contributed by atoms with Crippen LogP contribution in [0.2, 0.25) is 0 Å². The largest absolute Gasteiger partial charge is 0.314 e. The highest BCUT2D eigenvalue weighted by molar-refractivity contribution is 9.10. The molecule has 1 aliphatic rings. The lowest BCUT2D eigenvalue weighted by atomic mass is 10.1. The van der Waals surface area contributed by atoms with Crippen molar-refractivity contribution in [1.82, 2.24) is 10.2 Å². The van der Waals surface area contributed by atoms with Crippen LogP contribution < -0.4 is 5.32 Å². The van der Waals surface area contributed by atoms with Crippen LogP contribution in [-0.2, 0) is 0 Å². The molecule has 0 saturated carbocycles. The summed E-state index contributed by atoms with van der Waals surface area (Å²) in [6.45, 7) is 3.38. The van der Waals surface area contributed by atoms with E-state index in [2.05, 4.69) is 32.2 Å². The zero-order valence-corrected chi connectivity index (χ0v) is 10.9. The normalized spacial score (nSPS) is 18.6. The van der Waals surface area contributed by atoms with E-state index < -0.39 is 0 Å². The van der Waals surface area contributed by atoms with Gasteiger partial charge >= 0.3 is 0 Å². The van der Waals surface area contributed by atoms with Gasteiger partial charge in [-0.2, -0.15) is 5.26 Å². The van der Waals surface area contributed by atoms with E-state index in [0.29, 0.717) is 4.47 Å². The second-order valence-corrected chi connectivity index (χ2v) is 4.85. The van der Waals surface area contributed by atoms with E-state index in [0.717, 1.165) is 31.7 Å². The van der Waals surface area contributed by atoms with Crippen LogP contribution in [0.5, 0.6) is 0 Å². The van der Waals surface area contributed by atoms with E-state index in [1.165, 1.54) is 6.07 Å². The lowest BCUT2D eigenvalue weighted by molar-refractivity contribution is 0.207. The molecule has 3 nitrogen and oxygen atoms in total. The van der Waals surface area contributed by atoms with Crippen molar-refractivity contribution in [3.63, 3.8) is 0 Å². The first-order chi connectivity index (χ1) is 8.22. The number of nitrogens with one attached hydrogen (secondary N) is 1. The zero-order chi connectivity index (χ0) is 12.3. The molecule has 0 aromatic heterocycles. The van der Waals surface area contributed by atoms with E-state index in [9.17, 15) is 9.65 Å². The predicted octanol–water partition coefficient (Wildman–Crippen LogP) is 2.06. The maximum atomic E-state index is 13.5. The van der Waals surface area contributed by atoms with Crippen molar-refractivity contribution in [2.45, 2.75) is 6.04 Å². The van der Waals surface area contributed by atoms with E-state index >= 15 is 0 Å². The van der Waals surface area contributed by atoms with Crippen LogP contribution in [-0.4, -0.2) is 31.1 Å². The fourth-order valence-electron chi connectivity index (χ4n) is 1.99. The predicted molar refractivity (Wildman–Crippen MR) is 66.9 cm³/mol. The number of hydrogen-bond acceptors (Lipinski definition) is 3. The molecule has 1 aromatic rings. The Morgan fingerprint density at radius 3 is 2.71 bits per heavy atom. The number of rotatable bonds is 2. The molecule has 0 spiro atoms. The van der Waals surface area contributed by atoms with Crippen molar-refractivity contribution >= 4 is 15.9 Å². The molecule has 1 aromatic carbocycles. The van der Waals surface area contributed by atoms with Crippen molar-refractivity contribution < 1.29 is 4.39 Å². The van der Waals surface area contributed by atoms with Gasteiger partial charge in [-0.1, -0.05) is 6.07 Å². The van der Waals surface area contributed by atoms with Crippen LogP contribution in [0.15, 0.2) is 22.7 Å². The molecule has 1 heterocycles. The van der Waals surface area contributed by atoms with E-state index in [1.807, 2.05) is 0 Å². The maximum Gasteiger partial charge on any atom is 0.137 e. The lowest BCUT2D eigenvalue weighted by Crippen LogP contribution is -2.44. The Kier molecular flexibility index (Phi) is 4.11. The number of nitrogens with zero attached hydrogens (tertiary/aromatic N) is 2. The first-order valence-electron chi connectivity index (χ1n) is 5.51. The molecule has 0 aliphatic carbocycles. The summed E-state index contributed by atoms with van der Waals surface area (Å²) in [4.78, 5) is 2.07. The molecular formula is C12H13BrFN3. The second-order valence-electron chi connectivity index (χ2n) is 3.99. The highest BCUT2D eigenvalue weighted by Crippen LogP contribution is 2.24. The fourth-order valence-corrected chi connectivity index (χ4v) is 2.24. The average molecular weight is 298 g/mol. The third kappa shape index (κ3) is 2.83. The average Bonchev–Trinajstić information content (AvgIpc) is 2.36. The SMILES string of the molecule is N#CC(c1ccc(Br)c(F)c1)N1CCNCC1. The Balaban J connectivity index is 2.22. The molecule has 1 N–H and O–H groups in total. The van der Waals surface area contributed by atoms with Gasteiger partial charge < -0.3 is 5.32 Å². The Bertz CT molecular complexity index is 438. The van der Waals surface area contributed by atoms with Crippen LogP contribution in [0.1, 0.15) is 11.6 Å². The van der Waals surface area contributed by atoms with Crippen molar-refractivity contribution in [2.24, 2.45) is 0 Å². The molecule has 17 heavy (non-hydrogen) atoms. The number of piperazine rings is 1. The minimum absolute atomic E-state index is 0.321. The van der Waals surface area contributed by atoms with Crippen molar-refractivity contribution in [3.8, 4) is 6.07 Å². The zero-order valence-electron chi connectivity index (χ0n) is 9.29. The summed E-state index contributed by atoms with van der Waals surface area (Å²) < 4.78 is 13.9. The lowest BCUT2D eigenvalue weighted by Gasteiger charge is -2.31. The van der Waals surface area contributed by atoms with Gasteiger partial charge in [-0.3, -0.25) is 4.90 Å². The molecule has 0 amide bonds. The Morgan fingerprint density at radius 2 is 2.12 bits per heavy atom. The van der Waals surface area contributed by atoms with Crippen molar-refractivity contribution in [1.29, 1.82) is 5.26 Å². The molecular weight excluding hydrogens is 285 g/mol. The summed E-state index contributed by atoms with van der Waals surface area (Å²) in [5.74, 6) is -0.321. The highest BCUT2D eigenvalue weighted by Gasteiger charge is 2.22. The summed E-state index contributed by atoms with van der Waals surface area (Å²) in [6, 6.07) is 6.76. The summed E-state index contributed by atoms with van der Waals surface area (Å²) in [7, 11) is 0. The summed E-state index contributed by atoms with van der Waals surface area (Å²) in [5.41, 5.74) is 0.718. The number of nitriles is 1. The monoisotopic (exact) mass is 297 g/mol. The summed E-state index contributed by atoms with van der Waals surface area (Å²) in [6.07, 6.45) is 0. The molecule has 1 fully saturated rings. The topological polar surface area (TPSA) is 39.1 Å². The van der Waals surface area contributed by atoms with Gasteiger partial charge in [0.1, 0.15) is 11.9 Å².